The molecular weight excluding hydrogens is 268 g/mol. The molecule has 3 aromatic rings. The molecule has 2 aromatic heterocycles. The summed E-state index contributed by atoms with van der Waals surface area (Å²) in [4.78, 5) is 0.826. The van der Waals surface area contributed by atoms with E-state index in [0.29, 0.717) is 11.3 Å². The fraction of sp³-hybridized carbons (Fsp3) is 0.0625. The molecule has 1 N–H and O–H groups in total. The molecule has 0 aliphatic carbocycles. The van der Waals surface area contributed by atoms with Gasteiger partial charge in [0.25, 0.3) is 0 Å². The highest BCUT2D eigenvalue weighted by molar-refractivity contribution is 7.98. The van der Waals surface area contributed by atoms with Crippen molar-refractivity contribution in [3.8, 4) is 11.8 Å². The molecule has 98 valence electrons. The summed E-state index contributed by atoms with van der Waals surface area (Å²) in [5.41, 5.74) is 2.60. The number of rotatable bonds is 3. The lowest BCUT2D eigenvalue weighted by molar-refractivity contribution is 0.462. The first kappa shape index (κ1) is 12.6. The summed E-state index contributed by atoms with van der Waals surface area (Å²) in [6.45, 7) is 0. The monoisotopic (exact) mass is 280 g/mol. The predicted octanol–water partition coefficient (Wildman–Crippen LogP) is 3.81. The molecule has 0 saturated heterocycles. The Morgan fingerprint density at radius 3 is 2.75 bits per heavy atom. The van der Waals surface area contributed by atoms with Crippen molar-refractivity contribution >= 4 is 17.3 Å². The van der Waals surface area contributed by atoms with Crippen LogP contribution in [0.1, 0.15) is 11.1 Å². The lowest BCUT2D eigenvalue weighted by Gasteiger charge is -2.02. The first-order chi connectivity index (χ1) is 9.79. The molecule has 0 aliphatic heterocycles. The van der Waals surface area contributed by atoms with Crippen LogP contribution < -0.4 is 0 Å². The predicted molar refractivity (Wildman–Crippen MR) is 79.8 cm³/mol. The topological polar surface area (TPSA) is 48.4 Å². The number of thioether (sulfide) groups is 1. The first-order valence-corrected chi connectivity index (χ1v) is 7.17. The SMILES string of the molecule is N#Cc1c(CSc2ccccc2O)cn2ccccc12. The number of hydrogen-bond acceptors (Lipinski definition) is 3. The summed E-state index contributed by atoms with van der Waals surface area (Å²) in [5.74, 6) is 0.932. The zero-order valence-corrected chi connectivity index (χ0v) is 11.5. The van der Waals surface area contributed by atoms with Gasteiger partial charge in [0.05, 0.1) is 11.1 Å². The summed E-state index contributed by atoms with van der Waals surface area (Å²) in [7, 11) is 0. The van der Waals surface area contributed by atoms with Gasteiger partial charge < -0.3 is 9.51 Å². The smallest absolute Gasteiger partial charge is 0.129 e. The zero-order chi connectivity index (χ0) is 13.9. The van der Waals surface area contributed by atoms with Crippen LogP contribution in [-0.4, -0.2) is 9.51 Å². The van der Waals surface area contributed by atoms with Gasteiger partial charge in [-0.05, 0) is 29.8 Å². The van der Waals surface area contributed by atoms with Crippen LogP contribution >= 0.6 is 11.8 Å². The Morgan fingerprint density at radius 2 is 1.95 bits per heavy atom. The van der Waals surface area contributed by atoms with Crippen LogP contribution in [-0.2, 0) is 5.75 Å². The maximum atomic E-state index is 9.76. The number of benzene rings is 1. The Balaban J connectivity index is 1.92. The summed E-state index contributed by atoms with van der Waals surface area (Å²) >= 11 is 1.53. The number of aromatic hydroxyl groups is 1. The highest BCUT2D eigenvalue weighted by atomic mass is 32.2. The third kappa shape index (κ3) is 2.24. The van der Waals surface area contributed by atoms with Crippen LogP contribution in [0.5, 0.6) is 5.75 Å². The van der Waals surface area contributed by atoms with Gasteiger partial charge in [0.1, 0.15) is 11.8 Å². The minimum Gasteiger partial charge on any atom is -0.507 e. The summed E-state index contributed by atoms with van der Waals surface area (Å²) in [6.07, 6.45) is 3.91. The molecule has 0 radical (unpaired) electrons. The third-order valence-corrected chi connectivity index (χ3v) is 4.23. The number of para-hydroxylation sites is 1. The number of hydrogen-bond donors (Lipinski definition) is 1. The van der Waals surface area contributed by atoms with E-state index in [2.05, 4.69) is 6.07 Å². The van der Waals surface area contributed by atoms with Crippen molar-refractivity contribution < 1.29 is 5.11 Å². The van der Waals surface area contributed by atoms with E-state index in [4.69, 9.17) is 0 Å². The molecule has 0 fully saturated rings. The Kier molecular flexibility index (Phi) is 3.36. The van der Waals surface area contributed by atoms with Gasteiger partial charge in [-0.15, -0.1) is 11.8 Å². The second kappa shape index (κ2) is 5.32. The average molecular weight is 280 g/mol. The maximum Gasteiger partial charge on any atom is 0.129 e. The van der Waals surface area contributed by atoms with Crippen LogP contribution in [0.3, 0.4) is 0 Å². The number of phenolic OH excluding ortho intramolecular Hbond substituents is 1. The van der Waals surface area contributed by atoms with Crippen molar-refractivity contribution in [2.24, 2.45) is 0 Å². The zero-order valence-electron chi connectivity index (χ0n) is 10.7. The van der Waals surface area contributed by atoms with Crippen molar-refractivity contribution in [3.63, 3.8) is 0 Å². The fourth-order valence-electron chi connectivity index (χ4n) is 2.15. The normalized spacial score (nSPS) is 10.6. The van der Waals surface area contributed by atoms with E-state index < -0.39 is 0 Å². The molecule has 20 heavy (non-hydrogen) atoms. The number of pyridine rings is 1. The Labute approximate surface area is 121 Å². The minimum atomic E-state index is 0.278. The number of nitriles is 1. The molecule has 3 nitrogen and oxygen atoms in total. The second-order valence-electron chi connectivity index (χ2n) is 4.39. The molecule has 0 atom stereocenters. The number of phenols is 1. The van der Waals surface area contributed by atoms with Gasteiger partial charge in [-0.1, -0.05) is 18.2 Å². The van der Waals surface area contributed by atoms with Gasteiger partial charge in [-0.2, -0.15) is 5.26 Å². The van der Waals surface area contributed by atoms with E-state index in [0.717, 1.165) is 16.0 Å². The molecule has 4 heteroatoms. The molecule has 1 aromatic carbocycles. The fourth-order valence-corrected chi connectivity index (χ4v) is 3.07. The molecule has 0 spiro atoms. The molecule has 0 saturated carbocycles. The number of fused-ring (bicyclic) bond motifs is 1. The van der Waals surface area contributed by atoms with Crippen molar-refractivity contribution in [2.45, 2.75) is 10.6 Å². The van der Waals surface area contributed by atoms with Gasteiger partial charge in [-0.25, -0.2) is 0 Å². The van der Waals surface area contributed by atoms with Crippen molar-refractivity contribution in [1.29, 1.82) is 5.26 Å². The van der Waals surface area contributed by atoms with Crippen LogP contribution in [0.4, 0.5) is 0 Å². The van der Waals surface area contributed by atoms with Crippen molar-refractivity contribution in [1.82, 2.24) is 4.40 Å². The van der Waals surface area contributed by atoms with Crippen molar-refractivity contribution in [3.05, 3.63) is 66.0 Å². The Bertz CT molecular complexity index is 802. The number of nitrogens with zero attached hydrogens (tertiary/aromatic N) is 2. The molecule has 0 bridgehead atoms. The molecule has 2 heterocycles. The van der Waals surface area contributed by atoms with Gasteiger partial charge >= 0.3 is 0 Å². The molecular formula is C16H12N2OS. The lowest BCUT2D eigenvalue weighted by Crippen LogP contribution is -1.82. The van der Waals surface area contributed by atoms with E-state index >= 15 is 0 Å². The van der Waals surface area contributed by atoms with E-state index in [1.165, 1.54) is 11.8 Å². The highest BCUT2D eigenvalue weighted by Gasteiger charge is 2.11. The van der Waals surface area contributed by atoms with Gasteiger partial charge in [-0.3, -0.25) is 0 Å². The lowest BCUT2D eigenvalue weighted by atomic mass is 10.2. The number of aromatic nitrogens is 1. The van der Waals surface area contributed by atoms with Crippen LogP contribution in [0.2, 0.25) is 0 Å². The second-order valence-corrected chi connectivity index (χ2v) is 5.41. The van der Waals surface area contributed by atoms with E-state index in [1.54, 1.807) is 12.1 Å². The van der Waals surface area contributed by atoms with Crippen molar-refractivity contribution in [2.75, 3.05) is 0 Å². The van der Waals surface area contributed by atoms with Gasteiger partial charge in [0.15, 0.2) is 0 Å². The summed E-state index contributed by atoms with van der Waals surface area (Å²) in [5, 5.41) is 19.1. The van der Waals surface area contributed by atoms with E-state index in [9.17, 15) is 10.4 Å². The van der Waals surface area contributed by atoms with E-state index in [-0.39, 0.29) is 5.75 Å². The highest BCUT2D eigenvalue weighted by Crippen LogP contribution is 2.32. The largest absolute Gasteiger partial charge is 0.507 e. The Morgan fingerprint density at radius 1 is 1.15 bits per heavy atom. The third-order valence-electron chi connectivity index (χ3n) is 3.12. The van der Waals surface area contributed by atoms with Crippen LogP contribution in [0.25, 0.3) is 5.52 Å². The molecule has 3 rings (SSSR count). The summed E-state index contributed by atoms with van der Waals surface area (Å²) in [6, 6.07) is 15.3. The van der Waals surface area contributed by atoms with Crippen LogP contribution in [0, 0.1) is 11.3 Å². The standard InChI is InChI=1S/C16H12N2OS/c17-9-13-12(10-18-8-4-3-5-14(13)18)11-20-16-7-2-1-6-15(16)19/h1-8,10,19H,11H2. The maximum absolute atomic E-state index is 9.76. The molecule has 0 unspecified atom stereocenters. The molecule has 0 amide bonds. The van der Waals surface area contributed by atoms with E-state index in [1.807, 2.05) is 47.1 Å². The van der Waals surface area contributed by atoms with Crippen LogP contribution in [0.15, 0.2) is 59.8 Å². The molecule has 0 aliphatic rings. The Hall–Kier alpha value is -2.38. The first-order valence-electron chi connectivity index (χ1n) is 6.19. The average Bonchev–Trinajstić information content (AvgIpc) is 2.84. The minimum absolute atomic E-state index is 0.278. The summed E-state index contributed by atoms with van der Waals surface area (Å²) < 4.78 is 1.96. The van der Waals surface area contributed by atoms with Gasteiger partial charge in [0, 0.05) is 23.0 Å². The van der Waals surface area contributed by atoms with Gasteiger partial charge in [0.2, 0.25) is 0 Å². The quantitative estimate of drug-likeness (QED) is 0.742.